The highest BCUT2D eigenvalue weighted by atomic mass is 32.2. The molecule has 2 aliphatic rings. The molecule has 2 saturated carbocycles. The molecule has 3 aromatic heterocycles. The number of rotatable bonds is 6. The highest BCUT2D eigenvalue weighted by Gasteiger charge is 2.55. The van der Waals surface area contributed by atoms with E-state index in [2.05, 4.69) is 15.0 Å². The van der Waals surface area contributed by atoms with Crippen LogP contribution in [0.1, 0.15) is 30.6 Å². The van der Waals surface area contributed by atoms with Crippen molar-refractivity contribution < 1.29 is 9.52 Å². The molecule has 0 amide bonds. The van der Waals surface area contributed by atoms with Crippen molar-refractivity contribution >= 4 is 34.1 Å². The van der Waals surface area contributed by atoms with E-state index in [-0.39, 0.29) is 0 Å². The molecule has 2 aliphatic carbocycles. The van der Waals surface area contributed by atoms with Gasteiger partial charge in [-0.1, -0.05) is 11.8 Å². The summed E-state index contributed by atoms with van der Waals surface area (Å²) in [6, 6.07) is 7.28. The summed E-state index contributed by atoms with van der Waals surface area (Å²) in [5, 5.41) is 12.2. The van der Waals surface area contributed by atoms with E-state index in [1.807, 2.05) is 24.4 Å². The lowest BCUT2D eigenvalue weighted by molar-refractivity contribution is -0.00681. The van der Waals surface area contributed by atoms with Gasteiger partial charge in [0.25, 0.3) is 0 Å². The smallest absolute Gasteiger partial charge is 0.336 e. The fraction of sp³-hybridized carbons (Fsp3) is 0.304. The van der Waals surface area contributed by atoms with Gasteiger partial charge in [0, 0.05) is 46.1 Å². The molecule has 0 aliphatic heterocycles. The van der Waals surface area contributed by atoms with E-state index in [0.717, 1.165) is 56.3 Å². The van der Waals surface area contributed by atoms with Crippen molar-refractivity contribution in [1.29, 1.82) is 0 Å². The SMILES string of the molecule is O=c1cc(-c2cncnc2)c2ccc(Sc3ncc(C(O)(C4CC4)C4CC4)s3)cc2o1. The van der Waals surface area contributed by atoms with Crippen LogP contribution < -0.4 is 5.63 Å². The van der Waals surface area contributed by atoms with Gasteiger partial charge in [-0.3, -0.25) is 0 Å². The Bertz CT molecular complexity index is 1310. The quantitative estimate of drug-likeness (QED) is 0.420. The topological polar surface area (TPSA) is 89.1 Å². The number of hydrogen-bond donors (Lipinski definition) is 1. The van der Waals surface area contributed by atoms with Crippen molar-refractivity contribution in [2.45, 2.75) is 40.5 Å². The Morgan fingerprint density at radius 1 is 1.06 bits per heavy atom. The summed E-state index contributed by atoms with van der Waals surface area (Å²) in [5.74, 6) is 0.766. The molecule has 156 valence electrons. The molecule has 6 nitrogen and oxygen atoms in total. The molecule has 0 unspecified atom stereocenters. The first-order chi connectivity index (χ1) is 15.1. The van der Waals surface area contributed by atoms with Gasteiger partial charge in [-0.2, -0.15) is 0 Å². The van der Waals surface area contributed by atoms with E-state index >= 15 is 0 Å². The van der Waals surface area contributed by atoms with E-state index < -0.39 is 11.2 Å². The minimum Gasteiger partial charge on any atom is -0.423 e. The van der Waals surface area contributed by atoms with Crippen molar-refractivity contribution in [3.8, 4) is 11.1 Å². The fourth-order valence-electron chi connectivity index (χ4n) is 4.26. The molecule has 3 heterocycles. The number of thiazole rings is 1. The summed E-state index contributed by atoms with van der Waals surface area (Å²) in [7, 11) is 0. The molecule has 0 atom stereocenters. The Hall–Kier alpha value is -2.55. The van der Waals surface area contributed by atoms with Gasteiger partial charge >= 0.3 is 5.63 Å². The second-order valence-electron chi connectivity index (χ2n) is 8.23. The Morgan fingerprint density at radius 3 is 2.52 bits per heavy atom. The van der Waals surface area contributed by atoms with Crippen LogP contribution in [0.4, 0.5) is 0 Å². The molecule has 0 bridgehead atoms. The van der Waals surface area contributed by atoms with Crippen molar-refractivity contribution in [3.63, 3.8) is 0 Å². The lowest BCUT2D eigenvalue weighted by atomic mass is 9.90. The number of benzene rings is 1. The summed E-state index contributed by atoms with van der Waals surface area (Å²) in [6.45, 7) is 0. The molecule has 6 rings (SSSR count). The van der Waals surface area contributed by atoms with Gasteiger partial charge in [0.2, 0.25) is 0 Å². The highest BCUT2D eigenvalue weighted by molar-refractivity contribution is 8.01. The summed E-state index contributed by atoms with van der Waals surface area (Å²) in [5.41, 5.74) is 0.924. The zero-order valence-corrected chi connectivity index (χ0v) is 18.2. The largest absolute Gasteiger partial charge is 0.423 e. The number of fused-ring (bicyclic) bond motifs is 1. The van der Waals surface area contributed by atoms with E-state index in [0.29, 0.717) is 17.4 Å². The lowest BCUT2D eigenvalue weighted by Gasteiger charge is -2.26. The summed E-state index contributed by atoms with van der Waals surface area (Å²) in [4.78, 5) is 26.7. The molecule has 0 spiro atoms. The van der Waals surface area contributed by atoms with Crippen LogP contribution in [0.5, 0.6) is 0 Å². The minimum atomic E-state index is -0.695. The number of aromatic nitrogens is 3. The van der Waals surface area contributed by atoms with Crippen molar-refractivity contribution in [2.75, 3.05) is 0 Å². The molecule has 1 aromatic carbocycles. The summed E-state index contributed by atoms with van der Waals surface area (Å²) >= 11 is 3.09. The molecule has 1 N–H and O–H groups in total. The molecule has 2 fully saturated rings. The second kappa shape index (κ2) is 7.25. The van der Waals surface area contributed by atoms with Gasteiger partial charge < -0.3 is 9.52 Å². The molecule has 0 radical (unpaired) electrons. The third-order valence-corrected chi connectivity index (χ3v) is 8.27. The third-order valence-electron chi connectivity index (χ3n) is 6.07. The first kappa shape index (κ1) is 19.2. The average Bonchev–Trinajstić information content (AvgIpc) is 3.71. The molecular weight excluding hydrogens is 430 g/mol. The Balaban J connectivity index is 1.32. The molecule has 31 heavy (non-hydrogen) atoms. The van der Waals surface area contributed by atoms with Crippen molar-refractivity contribution in [3.05, 3.63) is 64.5 Å². The van der Waals surface area contributed by atoms with Crippen LogP contribution in [0.3, 0.4) is 0 Å². The second-order valence-corrected chi connectivity index (χ2v) is 10.6. The minimum absolute atomic E-state index is 0.383. The van der Waals surface area contributed by atoms with Crippen LogP contribution in [-0.2, 0) is 5.60 Å². The number of aliphatic hydroxyl groups is 1. The van der Waals surface area contributed by atoms with Crippen LogP contribution in [0.2, 0.25) is 0 Å². The number of hydrogen-bond acceptors (Lipinski definition) is 8. The van der Waals surface area contributed by atoms with Gasteiger partial charge in [0.05, 0.1) is 4.88 Å². The third kappa shape index (κ3) is 3.48. The average molecular weight is 450 g/mol. The zero-order valence-electron chi connectivity index (χ0n) is 16.5. The van der Waals surface area contributed by atoms with Crippen LogP contribution in [-0.4, -0.2) is 20.1 Å². The maximum Gasteiger partial charge on any atom is 0.336 e. The van der Waals surface area contributed by atoms with Crippen LogP contribution in [0.25, 0.3) is 22.1 Å². The van der Waals surface area contributed by atoms with Crippen molar-refractivity contribution in [1.82, 2.24) is 15.0 Å². The monoisotopic (exact) mass is 449 g/mol. The maximum atomic E-state index is 12.1. The van der Waals surface area contributed by atoms with Crippen LogP contribution >= 0.6 is 23.1 Å². The molecule has 0 saturated heterocycles. The molecule has 4 aromatic rings. The van der Waals surface area contributed by atoms with E-state index in [1.54, 1.807) is 23.7 Å². The van der Waals surface area contributed by atoms with Crippen LogP contribution in [0.15, 0.2) is 67.6 Å². The zero-order chi connectivity index (χ0) is 21.0. The van der Waals surface area contributed by atoms with Crippen molar-refractivity contribution in [2.24, 2.45) is 11.8 Å². The highest BCUT2D eigenvalue weighted by Crippen LogP contribution is 2.58. The van der Waals surface area contributed by atoms with Gasteiger partial charge in [0.1, 0.15) is 17.5 Å². The van der Waals surface area contributed by atoms with Gasteiger partial charge in [-0.25, -0.2) is 19.7 Å². The Labute approximate surface area is 186 Å². The lowest BCUT2D eigenvalue weighted by Crippen LogP contribution is -2.29. The predicted octanol–water partition coefficient (Wildman–Crippen LogP) is 4.87. The summed E-state index contributed by atoms with van der Waals surface area (Å²) in [6.07, 6.45) is 11.1. The maximum absolute atomic E-state index is 12.1. The first-order valence-electron chi connectivity index (χ1n) is 10.3. The summed E-state index contributed by atoms with van der Waals surface area (Å²) < 4.78 is 6.35. The van der Waals surface area contributed by atoms with E-state index in [9.17, 15) is 9.90 Å². The predicted molar refractivity (Wildman–Crippen MR) is 119 cm³/mol. The Morgan fingerprint density at radius 2 is 1.81 bits per heavy atom. The van der Waals surface area contributed by atoms with Crippen LogP contribution in [0, 0.1) is 11.8 Å². The number of nitrogens with zero attached hydrogens (tertiary/aromatic N) is 3. The first-order valence-corrected chi connectivity index (χ1v) is 11.9. The normalized spacial score (nSPS) is 16.7. The van der Waals surface area contributed by atoms with Gasteiger partial charge in [-0.05, 0) is 55.7 Å². The standard InChI is InChI=1S/C23H19N3O3S2/c27-21-8-18(13-9-24-12-25-10-13)17-6-5-16(7-19(17)29-21)30-22-26-11-20(31-22)23(28,14-1-2-14)15-3-4-15/h5-12,14-15,28H,1-4H2. The van der Waals surface area contributed by atoms with E-state index in [1.165, 1.54) is 24.2 Å². The molecular formula is C23H19N3O3S2. The fourth-order valence-corrected chi connectivity index (χ4v) is 6.49. The van der Waals surface area contributed by atoms with Gasteiger partial charge in [-0.15, -0.1) is 11.3 Å². The van der Waals surface area contributed by atoms with E-state index in [4.69, 9.17) is 4.42 Å². The Kier molecular flexibility index (Phi) is 4.48. The molecule has 8 heteroatoms. The van der Waals surface area contributed by atoms with Gasteiger partial charge in [0.15, 0.2) is 4.34 Å².